The van der Waals surface area contributed by atoms with E-state index in [0.29, 0.717) is 24.5 Å². The molecule has 0 fully saturated rings. The van der Waals surface area contributed by atoms with Gasteiger partial charge in [-0.15, -0.1) is 0 Å². The number of nitrogens with one attached hydrogen (secondary N) is 2. The van der Waals surface area contributed by atoms with Crippen LogP contribution in [-0.4, -0.2) is 45.4 Å². The van der Waals surface area contributed by atoms with Crippen molar-refractivity contribution in [1.29, 1.82) is 0 Å². The maximum atomic E-state index is 12.5. The highest BCUT2D eigenvalue weighted by molar-refractivity contribution is 7.92. The fraction of sp³-hybridized carbons (Fsp3) is 0.294. The second kappa shape index (κ2) is 7.61. The number of amides is 2. The van der Waals surface area contributed by atoms with Crippen LogP contribution in [0.25, 0.3) is 0 Å². The largest absolute Gasteiger partial charge is 0.481 e. The number of ether oxygens (including phenoxy) is 1. The lowest BCUT2D eigenvalue weighted by atomic mass is 10.2. The normalized spacial score (nSPS) is 13.2. The highest BCUT2D eigenvalue weighted by atomic mass is 32.2. The number of fused-ring (bicyclic) bond motifs is 1. The first-order valence-electron chi connectivity index (χ1n) is 8.13. The van der Waals surface area contributed by atoms with Crippen molar-refractivity contribution in [2.24, 2.45) is 0 Å². The molecule has 138 valence electrons. The Morgan fingerprint density at radius 1 is 1.27 bits per heavy atom. The van der Waals surface area contributed by atoms with Crippen molar-refractivity contribution in [3.8, 4) is 5.88 Å². The van der Waals surface area contributed by atoms with Gasteiger partial charge in [0.25, 0.3) is 0 Å². The van der Waals surface area contributed by atoms with Crippen molar-refractivity contribution < 1.29 is 17.9 Å². The molecule has 8 nitrogen and oxygen atoms in total. The van der Waals surface area contributed by atoms with Gasteiger partial charge in [0.2, 0.25) is 15.9 Å². The number of para-hydroxylation sites is 1. The summed E-state index contributed by atoms with van der Waals surface area (Å²) in [5.41, 5.74) is 2.23. The molecular formula is C17H20N4O4S. The minimum absolute atomic E-state index is 0.0103. The first-order chi connectivity index (χ1) is 12.5. The maximum Gasteiger partial charge on any atom is 0.319 e. The summed E-state index contributed by atoms with van der Waals surface area (Å²) in [7, 11) is -1.99. The van der Waals surface area contributed by atoms with Crippen molar-refractivity contribution in [3.05, 3.63) is 48.2 Å². The molecular weight excluding hydrogens is 356 g/mol. The SMILES string of the molecule is COc1ccc(NC(=O)NCCS(=O)(=O)N2CCc3ccccc32)cn1. The summed E-state index contributed by atoms with van der Waals surface area (Å²) < 4.78 is 31.4. The Kier molecular flexibility index (Phi) is 5.27. The Morgan fingerprint density at radius 3 is 2.81 bits per heavy atom. The number of methoxy groups -OCH3 is 1. The molecule has 0 aliphatic carbocycles. The summed E-state index contributed by atoms with van der Waals surface area (Å²) in [6, 6.07) is 10.2. The minimum Gasteiger partial charge on any atom is -0.481 e. The zero-order valence-corrected chi connectivity index (χ0v) is 15.1. The van der Waals surface area contributed by atoms with E-state index in [1.165, 1.54) is 17.6 Å². The second-order valence-electron chi connectivity index (χ2n) is 5.74. The highest BCUT2D eigenvalue weighted by Gasteiger charge is 2.28. The smallest absolute Gasteiger partial charge is 0.319 e. The average Bonchev–Trinajstić information content (AvgIpc) is 3.07. The van der Waals surface area contributed by atoms with Crippen molar-refractivity contribution in [3.63, 3.8) is 0 Å². The van der Waals surface area contributed by atoms with Gasteiger partial charge in [-0.2, -0.15) is 0 Å². The van der Waals surface area contributed by atoms with Gasteiger partial charge in [-0.1, -0.05) is 18.2 Å². The highest BCUT2D eigenvalue weighted by Crippen LogP contribution is 2.29. The fourth-order valence-electron chi connectivity index (χ4n) is 2.75. The predicted molar refractivity (Wildman–Crippen MR) is 99.1 cm³/mol. The third-order valence-corrected chi connectivity index (χ3v) is 5.80. The summed E-state index contributed by atoms with van der Waals surface area (Å²) in [5, 5.41) is 5.14. The van der Waals surface area contributed by atoms with Crippen molar-refractivity contribution in [2.75, 3.05) is 35.6 Å². The van der Waals surface area contributed by atoms with Gasteiger partial charge in [0, 0.05) is 19.2 Å². The lowest BCUT2D eigenvalue weighted by Crippen LogP contribution is -2.38. The van der Waals surface area contributed by atoms with Gasteiger partial charge < -0.3 is 15.4 Å². The third kappa shape index (κ3) is 4.05. The number of rotatable bonds is 6. The number of carbonyl (C=O) groups is 1. The molecule has 0 spiro atoms. The zero-order valence-electron chi connectivity index (χ0n) is 14.3. The number of nitrogens with zero attached hydrogens (tertiary/aromatic N) is 2. The van der Waals surface area contributed by atoms with Crippen LogP contribution >= 0.6 is 0 Å². The number of pyridine rings is 1. The zero-order chi connectivity index (χ0) is 18.6. The van der Waals surface area contributed by atoms with Crippen LogP contribution in [0.1, 0.15) is 5.56 Å². The molecule has 0 atom stereocenters. The van der Waals surface area contributed by atoms with E-state index < -0.39 is 16.1 Å². The van der Waals surface area contributed by atoms with Gasteiger partial charge in [-0.3, -0.25) is 4.31 Å². The topological polar surface area (TPSA) is 101 Å². The summed E-state index contributed by atoms with van der Waals surface area (Å²) in [5.74, 6) is 0.267. The van der Waals surface area contributed by atoms with Crippen molar-refractivity contribution in [1.82, 2.24) is 10.3 Å². The molecule has 1 aromatic carbocycles. The summed E-state index contributed by atoms with van der Waals surface area (Å²) in [6.45, 7) is 0.446. The quantitative estimate of drug-likeness (QED) is 0.798. The minimum atomic E-state index is -3.49. The number of urea groups is 1. The average molecular weight is 376 g/mol. The van der Waals surface area contributed by atoms with Crippen molar-refractivity contribution in [2.45, 2.75) is 6.42 Å². The van der Waals surface area contributed by atoms with Crippen LogP contribution in [0, 0.1) is 0 Å². The standard InChI is InChI=1S/C17H20N4O4S/c1-25-16-7-6-14(12-19-16)20-17(22)18-9-11-26(23,24)21-10-8-13-4-2-3-5-15(13)21/h2-7,12H,8-11H2,1H3,(H2,18,20,22). The van der Waals surface area contributed by atoms with E-state index in [4.69, 9.17) is 4.74 Å². The first-order valence-corrected chi connectivity index (χ1v) is 9.74. The van der Waals surface area contributed by atoms with E-state index in [1.807, 2.05) is 18.2 Å². The second-order valence-corrected chi connectivity index (χ2v) is 7.75. The number of sulfonamides is 1. The molecule has 2 N–H and O–H groups in total. The van der Waals surface area contributed by atoms with Gasteiger partial charge in [-0.05, 0) is 24.1 Å². The molecule has 0 radical (unpaired) electrons. The number of benzene rings is 1. The van der Waals surface area contributed by atoms with Crippen LogP contribution in [0.5, 0.6) is 5.88 Å². The Hall–Kier alpha value is -2.81. The summed E-state index contributed by atoms with van der Waals surface area (Å²) in [6.07, 6.45) is 2.16. The number of hydrogen-bond donors (Lipinski definition) is 2. The number of carbonyl (C=O) groups excluding carboxylic acids is 1. The van der Waals surface area contributed by atoms with Crippen LogP contribution in [0.4, 0.5) is 16.2 Å². The molecule has 2 heterocycles. The van der Waals surface area contributed by atoms with Crippen LogP contribution in [0.2, 0.25) is 0 Å². The monoisotopic (exact) mass is 376 g/mol. The maximum absolute atomic E-state index is 12.5. The van der Waals surface area contributed by atoms with E-state index >= 15 is 0 Å². The Labute approximate surface area is 152 Å². The fourth-order valence-corrected chi connectivity index (χ4v) is 4.18. The van der Waals surface area contributed by atoms with Gasteiger partial charge in [0.1, 0.15) is 0 Å². The molecule has 1 aliphatic rings. The molecule has 26 heavy (non-hydrogen) atoms. The molecule has 3 rings (SSSR count). The number of hydrogen-bond acceptors (Lipinski definition) is 5. The lowest BCUT2D eigenvalue weighted by Gasteiger charge is -2.19. The molecule has 0 saturated heterocycles. The van der Waals surface area contributed by atoms with E-state index in [0.717, 1.165) is 11.3 Å². The molecule has 2 amide bonds. The molecule has 0 saturated carbocycles. The molecule has 1 aliphatic heterocycles. The van der Waals surface area contributed by atoms with Gasteiger partial charge in [0.05, 0.1) is 30.4 Å². The number of aromatic nitrogens is 1. The van der Waals surface area contributed by atoms with E-state index in [9.17, 15) is 13.2 Å². The third-order valence-electron chi connectivity index (χ3n) is 4.03. The van der Waals surface area contributed by atoms with Crippen LogP contribution in [0.3, 0.4) is 0 Å². The Morgan fingerprint density at radius 2 is 2.08 bits per heavy atom. The molecule has 0 unspecified atom stereocenters. The predicted octanol–water partition coefficient (Wildman–Crippen LogP) is 1.60. The molecule has 2 aromatic rings. The first kappa shape index (κ1) is 18.0. The van der Waals surface area contributed by atoms with Crippen LogP contribution in [0.15, 0.2) is 42.6 Å². The Bertz CT molecular complexity index is 884. The lowest BCUT2D eigenvalue weighted by molar-refractivity contribution is 0.252. The molecule has 9 heteroatoms. The Balaban J connectivity index is 1.51. The van der Waals surface area contributed by atoms with Crippen molar-refractivity contribution >= 4 is 27.4 Å². The van der Waals surface area contributed by atoms with Crippen LogP contribution < -0.4 is 19.7 Å². The van der Waals surface area contributed by atoms with E-state index in [-0.39, 0.29) is 12.3 Å². The van der Waals surface area contributed by atoms with Gasteiger partial charge in [0.15, 0.2) is 0 Å². The molecule has 1 aromatic heterocycles. The van der Waals surface area contributed by atoms with Crippen LogP contribution in [-0.2, 0) is 16.4 Å². The van der Waals surface area contributed by atoms with Gasteiger partial charge >= 0.3 is 6.03 Å². The molecule has 0 bridgehead atoms. The van der Waals surface area contributed by atoms with Gasteiger partial charge in [-0.25, -0.2) is 18.2 Å². The number of anilines is 2. The van der Waals surface area contributed by atoms with E-state index in [1.54, 1.807) is 18.2 Å². The summed E-state index contributed by atoms with van der Waals surface area (Å²) >= 11 is 0. The summed E-state index contributed by atoms with van der Waals surface area (Å²) in [4.78, 5) is 15.9. The van der Waals surface area contributed by atoms with E-state index in [2.05, 4.69) is 15.6 Å².